The van der Waals surface area contributed by atoms with E-state index >= 15 is 0 Å². The molecule has 35 heavy (non-hydrogen) atoms. The third kappa shape index (κ3) is 5.81. The summed E-state index contributed by atoms with van der Waals surface area (Å²) in [4.78, 5) is 38.7. The van der Waals surface area contributed by atoms with Crippen LogP contribution in [0.3, 0.4) is 0 Å². The first-order valence-corrected chi connectivity index (χ1v) is 13.2. The first-order chi connectivity index (χ1) is 16.8. The molecule has 2 amide bonds. The summed E-state index contributed by atoms with van der Waals surface area (Å²) >= 11 is 1.66. The minimum atomic E-state index is -0.910. The summed E-state index contributed by atoms with van der Waals surface area (Å²) in [5.74, 6) is 0.339. The van der Waals surface area contributed by atoms with Crippen molar-refractivity contribution in [2.75, 3.05) is 24.7 Å². The number of thioether (sulfide) groups is 1. The van der Waals surface area contributed by atoms with Crippen LogP contribution in [-0.2, 0) is 14.3 Å². The van der Waals surface area contributed by atoms with Gasteiger partial charge in [0.25, 0.3) is 0 Å². The Hall–Kier alpha value is -3.00. The van der Waals surface area contributed by atoms with Crippen LogP contribution in [0, 0.1) is 5.92 Å². The second-order valence-corrected chi connectivity index (χ2v) is 10.6. The van der Waals surface area contributed by atoms with E-state index in [0.29, 0.717) is 12.3 Å². The molecule has 1 fully saturated rings. The summed E-state index contributed by atoms with van der Waals surface area (Å²) in [6.45, 7) is 4.63. The summed E-state index contributed by atoms with van der Waals surface area (Å²) in [7, 11) is 0. The molecule has 0 spiro atoms. The maximum Gasteiger partial charge on any atom is 0.407 e. The summed E-state index contributed by atoms with van der Waals surface area (Å²) in [6.07, 6.45) is -0.497. The van der Waals surface area contributed by atoms with E-state index in [0.717, 1.165) is 16.9 Å². The predicted molar refractivity (Wildman–Crippen MR) is 137 cm³/mol. The molecule has 1 aliphatic heterocycles. The number of ether oxygens (including phenoxy) is 1. The molecule has 186 valence electrons. The van der Waals surface area contributed by atoms with Gasteiger partial charge in [0.2, 0.25) is 5.91 Å². The molecule has 8 heteroatoms. The number of carboxylic acids is 1. The van der Waals surface area contributed by atoms with Crippen molar-refractivity contribution in [3.05, 3.63) is 59.7 Å². The van der Waals surface area contributed by atoms with Gasteiger partial charge in [-0.2, -0.15) is 11.8 Å². The molecule has 1 aliphatic carbocycles. The fourth-order valence-electron chi connectivity index (χ4n) is 4.90. The second-order valence-electron chi connectivity index (χ2n) is 9.44. The molecule has 0 radical (unpaired) electrons. The Morgan fingerprint density at radius 2 is 1.71 bits per heavy atom. The van der Waals surface area contributed by atoms with Crippen LogP contribution in [0.25, 0.3) is 11.1 Å². The lowest BCUT2D eigenvalue weighted by atomic mass is 9.98. The topological polar surface area (TPSA) is 95.9 Å². The third-order valence-corrected chi connectivity index (χ3v) is 7.90. The summed E-state index contributed by atoms with van der Waals surface area (Å²) in [6, 6.07) is 15.6. The van der Waals surface area contributed by atoms with Gasteiger partial charge in [-0.1, -0.05) is 62.4 Å². The smallest absolute Gasteiger partial charge is 0.407 e. The molecule has 1 saturated heterocycles. The van der Waals surface area contributed by atoms with Gasteiger partial charge in [-0.25, -0.2) is 4.79 Å². The Kier molecular flexibility index (Phi) is 8.00. The summed E-state index contributed by atoms with van der Waals surface area (Å²) in [5.41, 5.74) is 4.62. The zero-order chi connectivity index (χ0) is 24.9. The lowest BCUT2D eigenvalue weighted by Gasteiger charge is -2.36. The number of hydrogen-bond donors (Lipinski definition) is 2. The standard InChI is InChI=1S/C27H32N2O5S/c1-17(2)24(14-25(30)29-11-12-35-16-18(29)13-26(31)32)28-27(33)34-15-23-21-9-5-3-7-19(21)20-8-4-6-10-22(20)23/h3-10,17-18,23-24H,11-16H2,1-2H3,(H,28,33)(H,31,32)/t18?,24-/m0/s1. The first-order valence-electron chi connectivity index (χ1n) is 12.1. The highest BCUT2D eigenvalue weighted by molar-refractivity contribution is 7.99. The van der Waals surface area contributed by atoms with Crippen LogP contribution in [0.15, 0.2) is 48.5 Å². The monoisotopic (exact) mass is 496 g/mol. The van der Waals surface area contributed by atoms with Gasteiger partial charge in [0.1, 0.15) is 6.61 Å². The molecule has 7 nitrogen and oxygen atoms in total. The second kappa shape index (κ2) is 11.2. The van der Waals surface area contributed by atoms with Crippen molar-refractivity contribution in [3.8, 4) is 11.1 Å². The molecule has 1 heterocycles. The van der Waals surface area contributed by atoms with Crippen molar-refractivity contribution in [1.29, 1.82) is 0 Å². The van der Waals surface area contributed by atoms with E-state index in [1.165, 1.54) is 11.1 Å². The Morgan fingerprint density at radius 3 is 2.31 bits per heavy atom. The van der Waals surface area contributed by atoms with Crippen LogP contribution in [0.5, 0.6) is 0 Å². The number of benzene rings is 2. The van der Waals surface area contributed by atoms with Crippen LogP contribution in [0.4, 0.5) is 4.79 Å². The maximum absolute atomic E-state index is 13.1. The highest BCUT2D eigenvalue weighted by atomic mass is 32.2. The Bertz CT molecular complexity index is 1040. The van der Waals surface area contributed by atoms with E-state index in [1.807, 2.05) is 38.1 Å². The van der Waals surface area contributed by atoms with Crippen molar-refractivity contribution in [2.45, 2.75) is 44.7 Å². The van der Waals surface area contributed by atoms with E-state index in [-0.39, 0.29) is 43.2 Å². The van der Waals surface area contributed by atoms with Gasteiger partial charge in [-0.15, -0.1) is 0 Å². The highest BCUT2D eigenvalue weighted by Gasteiger charge is 2.32. The minimum Gasteiger partial charge on any atom is -0.481 e. The van der Waals surface area contributed by atoms with Crippen molar-refractivity contribution in [3.63, 3.8) is 0 Å². The van der Waals surface area contributed by atoms with Gasteiger partial charge < -0.3 is 20.1 Å². The van der Waals surface area contributed by atoms with E-state index in [4.69, 9.17) is 4.74 Å². The van der Waals surface area contributed by atoms with Gasteiger partial charge in [-0.3, -0.25) is 9.59 Å². The average Bonchev–Trinajstić information content (AvgIpc) is 3.16. The minimum absolute atomic E-state index is 0.0107. The van der Waals surface area contributed by atoms with Crippen LogP contribution in [-0.4, -0.2) is 64.7 Å². The number of carbonyl (C=O) groups is 3. The number of carboxylic acid groups (broad SMARTS) is 1. The number of nitrogens with one attached hydrogen (secondary N) is 1. The van der Waals surface area contributed by atoms with E-state index < -0.39 is 18.1 Å². The molecular weight excluding hydrogens is 464 g/mol. The predicted octanol–water partition coefficient (Wildman–Crippen LogP) is 4.36. The highest BCUT2D eigenvalue weighted by Crippen LogP contribution is 2.44. The lowest BCUT2D eigenvalue weighted by molar-refractivity contribution is -0.140. The van der Waals surface area contributed by atoms with E-state index in [1.54, 1.807) is 16.7 Å². The number of rotatable bonds is 8. The van der Waals surface area contributed by atoms with Gasteiger partial charge in [0.15, 0.2) is 0 Å². The molecule has 4 rings (SSSR count). The molecular formula is C27H32N2O5S. The Morgan fingerprint density at radius 1 is 1.09 bits per heavy atom. The van der Waals surface area contributed by atoms with Gasteiger partial charge in [0.05, 0.1) is 12.5 Å². The van der Waals surface area contributed by atoms with Crippen LogP contribution in [0.1, 0.15) is 43.7 Å². The number of nitrogens with zero attached hydrogens (tertiary/aromatic N) is 1. The molecule has 2 aliphatic rings. The Balaban J connectivity index is 1.37. The SMILES string of the molecule is CC(C)[C@H](CC(=O)N1CCSCC1CC(=O)O)NC(=O)OCC1c2ccccc2-c2ccccc21. The van der Waals surface area contributed by atoms with Crippen molar-refractivity contribution in [2.24, 2.45) is 5.92 Å². The van der Waals surface area contributed by atoms with Crippen molar-refractivity contribution in [1.82, 2.24) is 10.2 Å². The van der Waals surface area contributed by atoms with Crippen molar-refractivity contribution < 1.29 is 24.2 Å². The van der Waals surface area contributed by atoms with Gasteiger partial charge >= 0.3 is 12.1 Å². The molecule has 0 saturated carbocycles. The van der Waals surface area contributed by atoms with Gasteiger partial charge in [0, 0.05) is 36.4 Å². The zero-order valence-corrected chi connectivity index (χ0v) is 20.9. The van der Waals surface area contributed by atoms with Crippen LogP contribution in [0.2, 0.25) is 0 Å². The number of hydrogen-bond acceptors (Lipinski definition) is 5. The van der Waals surface area contributed by atoms with Gasteiger partial charge in [-0.05, 0) is 28.2 Å². The molecule has 1 unspecified atom stereocenters. The van der Waals surface area contributed by atoms with Crippen LogP contribution < -0.4 is 5.32 Å². The number of carbonyl (C=O) groups excluding carboxylic acids is 2. The van der Waals surface area contributed by atoms with Crippen molar-refractivity contribution >= 4 is 29.7 Å². The maximum atomic E-state index is 13.1. The molecule has 0 bridgehead atoms. The molecule has 2 N–H and O–H groups in total. The first kappa shape index (κ1) is 25.1. The summed E-state index contributed by atoms with van der Waals surface area (Å²) < 4.78 is 5.67. The molecule has 2 atom stereocenters. The number of aliphatic carboxylic acids is 1. The Labute approximate surface area is 210 Å². The molecule has 2 aromatic carbocycles. The number of fused-ring (bicyclic) bond motifs is 3. The van der Waals surface area contributed by atoms with E-state index in [2.05, 4.69) is 29.6 Å². The lowest BCUT2D eigenvalue weighted by Crippen LogP contribution is -2.50. The van der Waals surface area contributed by atoms with Crippen LogP contribution >= 0.6 is 11.8 Å². The third-order valence-electron chi connectivity index (χ3n) is 6.80. The average molecular weight is 497 g/mol. The van der Waals surface area contributed by atoms with E-state index in [9.17, 15) is 19.5 Å². The fourth-order valence-corrected chi connectivity index (χ4v) is 5.97. The molecule has 0 aromatic heterocycles. The fraction of sp³-hybridized carbons (Fsp3) is 0.444. The molecule has 2 aromatic rings. The normalized spacial score (nSPS) is 18.0. The largest absolute Gasteiger partial charge is 0.481 e. The quantitative estimate of drug-likeness (QED) is 0.564. The zero-order valence-electron chi connectivity index (χ0n) is 20.1. The summed E-state index contributed by atoms with van der Waals surface area (Å²) in [5, 5.41) is 12.1. The number of alkyl carbamates (subject to hydrolysis) is 1. The number of amides is 2.